The first-order chi connectivity index (χ1) is 7.11. The van der Waals surface area contributed by atoms with E-state index in [9.17, 15) is 4.79 Å². The third kappa shape index (κ3) is 7.11. The third-order valence-electron chi connectivity index (χ3n) is 1.84. The molecule has 0 amide bonds. The maximum absolute atomic E-state index is 11.3. The summed E-state index contributed by atoms with van der Waals surface area (Å²) < 4.78 is 15.0. The molecule has 0 bridgehead atoms. The monoisotopic (exact) mass is 216 g/mol. The van der Waals surface area contributed by atoms with Crippen LogP contribution in [0.5, 0.6) is 0 Å². The van der Waals surface area contributed by atoms with E-state index in [-0.39, 0.29) is 12.9 Å². The van der Waals surface area contributed by atoms with Crippen LogP contribution < -0.4 is 0 Å². The van der Waals surface area contributed by atoms with Gasteiger partial charge in [-0.15, -0.1) is 0 Å². The predicted octanol–water partition coefficient (Wildman–Crippen LogP) is 1.89. The molecule has 15 heavy (non-hydrogen) atoms. The highest BCUT2D eigenvalue weighted by molar-refractivity contribution is 5.87. The van der Waals surface area contributed by atoms with Gasteiger partial charge in [0.25, 0.3) is 0 Å². The van der Waals surface area contributed by atoms with E-state index in [1.807, 2.05) is 6.92 Å². The number of esters is 1. The van der Waals surface area contributed by atoms with Crippen molar-refractivity contribution in [1.82, 2.24) is 0 Å². The van der Waals surface area contributed by atoms with Crippen molar-refractivity contribution in [2.75, 3.05) is 20.3 Å². The Kier molecular flexibility index (Phi) is 7.95. The summed E-state index contributed by atoms with van der Waals surface area (Å²) >= 11 is 0. The second kappa shape index (κ2) is 8.44. The fourth-order valence-electron chi connectivity index (χ4n) is 0.756. The molecule has 0 aliphatic carbocycles. The molecule has 0 aromatic rings. The lowest BCUT2D eigenvalue weighted by Crippen LogP contribution is -2.17. The van der Waals surface area contributed by atoms with Gasteiger partial charge in [0.1, 0.15) is 0 Å². The smallest absolute Gasteiger partial charge is 0.335 e. The Balaban J connectivity index is 3.65. The van der Waals surface area contributed by atoms with Crippen LogP contribution in [-0.2, 0) is 19.0 Å². The van der Waals surface area contributed by atoms with Gasteiger partial charge in [-0.3, -0.25) is 0 Å². The van der Waals surface area contributed by atoms with Gasteiger partial charge >= 0.3 is 5.97 Å². The maximum Gasteiger partial charge on any atom is 0.335 e. The molecule has 0 saturated carbocycles. The molecule has 0 radical (unpaired) electrons. The van der Waals surface area contributed by atoms with Crippen molar-refractivity contribution >= 4 is 5.97 Å². The number of hydrogen-bond acceptors (Lipinski definition) is 4. The Labute approximate surface area is 91.2 Å². The lowest BCUT2D eigenvalue weighted by Gasteiger charge is -2.11. The second-order valence-electron chi connectivity index (χ2n) is 3.21. The molecule has 4 nitrogen and oxygen atoms in total. The van der Waals surface area contributed by atoms with Crippen LogP contribution in [0.4, 0.5) is 0 Å². The first kappa shape index (κ1) is 14.1. The molecule has 0 aromatic carbocycles. The van der Waals surface area contributed by atoms with Crippen molar-refractivity contribution < 1.29 is 19.0 Å². The van der Waals surface area contributed by atoms with E-state index in [0.29, 0.717) is 12.2 Å². The average Bonchev–Trinajstić information content (AvgIpc) is 2.25. The van der Waals surface area contributed by atoms with Gasteiger partial charge in [0.2, 0.25) is 0 Å². The summed E-state index contributed by atoms with van der Waals surface area (Å²) in [5, 5.41) is 0. The van der Waals surface area contributed by atoms with Crippen molar-refractivity contribution in [2.45, 2.75) is 33.0 Å². The molecule has 0 aromatic heterocycles. The number of hydrogen-bond donors (Lipinski definition) is 0. The molecule has 0 heterocycles. The van der Waals surface area contributed by atoms with Crippen molar-refractivity contribution in [3.63, 3.8) is 0 Å². The number of unbranched alkanes of at least 4 members (excludes halogenated alkanes) is 1. The molecule has 1 unspecified atom stereocenters. The van der Waals surface area contributed by atoms with Gasteiger partial charge in [-0.25, -0.2) is 4.79 Å². The first-order valence-corrected chi connectivity index (χ1v) is 5.11. The summed E-state index contributed by atoms with van der Waals surface area (Å²) in [5.74, 6) is -0.397. The van der Waals surface area contributed by atoms with Crippen LogP contribution in [0.25, 0.3) is 0 Å². The molecule has 0 aliphatic rings. The molecule has 0 saturated heterocycles. The van der Waals surface area contributed by atoms with Gasteiger partial charge < -0.3 is 14.2 Å². The fraction of sp³-hybridized carbons (Fsp3) is 0.727. The topological polar surface area (TPSA) is 44.8 Å². The van der Waals surface area contributed by atoms with E-state index in [1.165, 1.54) is 7.11 Å². The summed E-state index contributed by atoms with van der Waals surface area (Å²) in [6, 6.07) is 0. The molecule has 4 heteroatoms. The van der Waals surface area contributed by atoms with Crippen LogP contribution in [0.1, 0.15) is 26.7 Å². The summed E-state index contributed by atoms with van der Waals surface area (Å²) in [6.07, 6.45) is 1.52. The van der Waals surface area contributed by atoms with Crippen LogP contribution in [0, 0.1) is 0 Å². The minimum atomic E-state index is -0.397. The van der Waals surface area contributed by atoms with Crippen LogP contribution in [0.3, 0.4) is 0 Å². The van der Waals surface area contributed by atoms with E-state index < -0.39 is 5.97 Å². The predicted molar refractivity (Wildman–Crippen MR) is 57.4 cm³/mol. The minimum Gasteiger partial charge on any atom is -0.462 e. The van der Waals surface area contributed by atoms with Gasteiger partial charge in [-0.1, -0.05) is 19.9 Å². The van der Waals surface area contributed by atoms with Gasteiger partial charge in [-0.2, -0.15) is 0 Å². The summed E-state index contributed by atoms with van der Waals surface area (Å²) in [5.41, 5.74) is 0.315. The van der Waals surface area contributed by atoms with E-state index in [2.05, 4.69) is 6.58 Å². The van der Waals surface area contributed by atoms with Crippen LogP contribution in [0.15, 0.2) is 12.2 Å². The highest BCUT2D eigenvalue weighted by Gasteiger charge is 2.09. The normalized spacial score (nSPS) is 12.2. The Hall–Kier alpha value is -0.870. The molecular weight excluding hydrogens is 196 g/mol. The van der Waals surface area contributed by atoms with Gasteiger partial charge in [-0.05, 0) is 13.3 Å². The summed E-state index contributed by atoms with van der Waals surface area (Å²) in [4.78, 5) is 11.3. The van der Waals surface area contributed by atoms with Crippen molar-refractivity contribution in [3.8, 4) is 0 Å². The number of carbonyl (C=O) groups excluding carboxylic acids is 1. The Morgan fingerprint density at radius 3 is 2.67 bits per heavy atom. The van der Waals surface area contributed by atoms with E-state index in [4.69, 9.17) is 14.2 Å². The number of rotatable bonds is 8. The molecule has 88 valence electrons. The lowest BCUT2D eigenvalue weighted by atomic mass is 10.3. The van der Waals surface area contributed by atoms with Crippen molar-refractivity contribution in [3.05, 3.63) is 12.2 Å². The molecule has 0 rings (SSSR count). The fourth-order valence-corrected chi connectivity index (χ4v) is 0.756. The molecule has 0 spiro atoms. The van der Waals surface area contributed by atoms with E-state index in [1.54, 1.807) is 6.92 Å². The van der Waals surface area contributed by atoms with E-state index >= 15 is 0 Å². The van der Waals surface area contributed by atoms with Crippen LogP contribution in [-0.4, -0.2) is 32.6 Å². The SMILES string of the molecule is C=C(COC(C)OC)C(=O)OCCCC. The average molecular weight is 216 g/mol. The van der Waals surface area contributed by atoms with Crippen molar-refractivity contribution in [1.29, 1.82) is 0 Å². The standard InChI is InChI=1S/C11H20O4/c1-5-6-7-14-11(12)9(2)8-15-10(3)13-4/h10H,2,5-8H2,1,3-4H3. The van der Waals surface area contributed by atoms with Gasteiger partial charge in [0.05, 0.1) is 18.8 Å². The van der Waals surface area contributed by atoms with Gasteiger partial charge in [0, 0.05) is 7.11 Å². The zero-order valence-corrected chi connectivity index (χ0v) is 9.75. The number of ether oxygens (including phenoxy) is 3. The Bertz CT molecular complexity index is 201. The van der Waals surface area contributed by atoms with Crippen molar-refractivity contribution in [2.24, 2.45) is 0 Å². The molecule has 0 N–H and O–H groups in total. The first-order valence-electron chi connectivity index (χ1n) is 5.11. The highest BCUT2D eigenvalue weighted by Crippen LogP contribution is 2.00. The van der Waals surface area contributed by atoms with Gasteiger partial charge in [0.15, 0.2) is 6.29 Å². The number of carbonyl (C=O) groups is 1. The number of methoxy groups -OCH3 is 1. The molecule has 0 aliphatic heterocycles. The minimum absolute atomic E-state index is 0.139. The van der Waals surface area contributed by atoms with Crippen LogP contribution in [0.2, 0.25) is 0 Å². The summed E-state index contributed by atoms with van der Waals surface area (Å²) in [6.45, 7) is 7.94. The second-order valence-corrected chi connectivity index (χ2v) is 3.21. The Morgan fingerprint density at radius 2 is 2.13 bits per heavy atom. The maximum atomic E-state index is 11.3. The molecular formula is C11H20O4. The third-order valence-corrected chi connectivity index (χ3v) is 1.84. The molecule has 1 atom stereocenters. The Morgan fingerprint density at radius 1 is 1.47 bits per heavy atom. The molecule has 0 fully saturated rings. The quantitative estimate of drug-likeness (QED) is 0.269. The highest BCUT2D eigenvalue weighted by atomic mass is 16.7. The summed E-state index contributed by atoms with van der Waals surface area (Å²) in [7, 11) is 1.53. The largest absolute Gasteiger partial charge is 0.462 e. The zero-order valence-electron chi connectivity index (χ0n) is 9.75. The van der Waals surface area contributed by atoms with Crippen LogP contribution >= 0.6 is 0 Å². The lowest BCUT2D eigenvalue weighted by molar-refractivity contribution is -0.142. The zero-order chi connectivity index (χ0) is 11.7. The van der Waals surface area contributed by atoms with E-state index in [0.717, 1.165) is 12.8 Å².